The van der Waals surface area contributed by atoms with E-state index in [4.69, 9.17) is 11.2 Å². The second kappa shape index (κ2) is 1.79. The van der Waals surface area contributed by atoms with Crippen molar-refractivity contribution in [3.8, 4) is 12.3 Å². The first-order chi connectivity index (χ1) is 4.90. The minimum absolute atomic E-state index is 0.554. The lowest BCUT2D eigenvalue weighted by Gasteiger charge is -2.06. The Morgan fingerprint density at radius 3 is 3.40 bits per heavy atom. The summed E-state index contributed by atoms with van der Waals surface area (Å²) in [6.45, 7) is 0.809. The Balaban J connectivity index is 2.25. The minimum atomic E-state index is 0.554. The van der Waals surface area contributed by atoms with Crippen LogP contribution in [0, 0.1) is 12.3 Å². The van der Waals surface area contributed by atoms with Crippen LogP contribution in [0.2, 0.25) is 0 Å². The minimum Gasteiger partial charge on any atom is -0.429 e. The van der Waals surface area contributed by atoms with Gasteiger partial charge in [0.25, 0.3) is 0 Å². The molecule has 0 fully saturated rings. The van der Waals surface area contributed by atoms with Crippen molar-refractivity contribution in [2.24, 2.45) is 0 Å². The molecule has 0 spiro atoms. The SMILES string of the molecule is C#CC1=CN2NCC=C2O1. The van der Waals surface area contributed by atoms with Crippen molar-refractivity contribution in [2.45, 2.75) is 0 Å². The Bertz CT molecular complexity index is 259. The van der Waals surface area contributed by atoms with E-state index in [0.29, 0.717) is 5.76 Å². The zero-order valence-corrected chi connectivity index (χ0v) is 5.29. The van der Waals surface area contributed by atoms with Gasteiger partial charge in [-0.05, 0) is 12.0 Å². The van der Waals surface area contributed by atoms with E-state index in [1.54, 1.807) is 11.2 Å². The number of nitrogens with zero attached hydrogens (tertiary/aromatic N) is 1. The predicted octanol–water partition coefficient (Wildman–Crippen LogP) is 0.153. The quantitative estimate of drug-likeness (QED) is 0.477. The van der Waals surface area contributed by atoms with Gasteiger partial charge in [0.2, 0.25) is 5.88 Å². The lowest BCUT2D eigenvalue weighted by atomic mass is 10.6. The number of terminal acetylenes is 1. The average Bonchev–Trinajstić information content (AvgIpc) is 2.42. The molecule has 2 heterocycles. The molecule has 3 nitrogen and oxygen atoms in total. The zero-order valence-electron chi connectivity index (χ0n) is 5.29. The average molecular weight is 134 g/mol. The molecule has 0 aromatic heterocycles. The van der Waals surface area contributed by atoms with Crippen LogP contribution in [-0.2, 0) is 4.74 Å². The second-order valence-corrected chi connectivity index (χ2v) is 2.01. The van der Waals surface area contributed by atoms with Gasteiger partial charge in [-0.2, -0.15) is 0 Å². The molecule has 0 aromatic rings. The van der Waals surface area contributed by atoms with E-state index in [9.17, 15) is 0 Å². The molecule has 50 valence electrons. The van der Waals surface area contributed by atoms with E-state index < -0.39 is 0 Å². The molecule has 0 saturated heterocycles. The summed E-state index contributed by atoms with van der Waals surface area (Å²) in [6.07, 6.45) is 8.79. The summed E-state index contributed by atoms with van der Waals surface area (Å²) in [5.41, 5.74) is 3.03. The van der Waals surface area contributed by atoms with Crippen LogP contribution in [0.3, 0.4) is 0 Å². The smallest absolute Gasteiger partial charge is 0.212 e. The number of nitrogens with one attached hydrogen (secondary N) is 1. The fraction of sp³-hybridized carbons (Fsp3) is 0.143. The Labute approximate surface area is 58.9 Å². The molecular formula is C7H6N2O. The number of fused-ring (bicyclic) bond motifs is 1. The fourth-order valence-corrected chi connectivity index (χ4v) is 0.931. The Kier molecular flexibility index (Phi) is 0.965. The van der Waals surface area contributed by atoms with Crippen molar-refractivity contribution >= 4 is 0 Å². The lowest BCUT2D eigenvalue weighted by molar-refractivity contribution is 0.245. The summed E-state index contributed by atoms with van der Waals surface area (Å²) in [6, 6.07) is 0. The van der Waals surface area contributed by atoms with Gasteiger partial charge in [-0.3, -0.25) is 0 Å². The maximum absolute atomic E-state index is 5.18. The summed E-state index contributed by atoms with van der Waals surface area (Å²) in [7, 11) is 0. The number of hydrogen-bond acceptors (Lipinski definition) is 3. The molecule has 0 radical (unpaired) electrons. The molecule has 0 aromatic carbocycles. The molecule has 2 aliphatic heterocycles. The lowest BCUT2D eigenvalue weighted by Crippen LogP contribution is -2.23. The molecule has 3 heteroatoms. The molecular weight excluding hydrogens is 128 g/mol. The van der Waals surface area contributed by atoms with Gasteiger partial charge < -0.3 is 4.74 Å². The highest BCUT2D eigenvalue weighted by atomic mass is 16.5. The van der Waals surface area contributed by atoms with Crippen LogP contribution in [0.5, 0.6) is 0 Å². The van der Waals surface area contributed by atoms with Crippen LogP contribution in [0.1, 0.15) is 0 Å². The van der Waals surface area contributed by atoms with Crippen molar-refractivity contribution in [1.29, 1.82) is 0 Å². The van der Waals surface area contributed by atoms with Gasteiger partial charge in [0, 0.05) is 6.54 Å². The van der Waals surface area contributed by atoms with E-state index in [2.05, 4.69) is 11.3 Å². The number of rotatable bonds is 0. The Hall–Kier alpha value is -1.40. The standard InChI is InChI=1S/C7H6N2O/c1-2-6-5-9-7(10-6)3-4-8-9/h1,3,5,8H,4H2. The van der Waals surface area contributed by atoms with Gasteiger partial charge in [-0.15, -0.1) is 6.42 Å². The summed E-state index contributed by atoms with van der Waals surface area (Å²) in [5, 5.41) is 1.77. The van der Waals surface area contributed by atoms with E-state index in [1.165, 1.54) is 0 Å². The highest BCUT2D eigenvalue weighted by Gasteiger charge is 2.21. The molecule has 0 amide bonds. The molecule has 0 saturated carbocycles. The highest BCUT2D eigenvalue weighted by Crippen LogP contribution is 2.21. The summed E-state index contributed by atoms with van der Waals surface area (Å²) >= 11 is 0. The molecule has 0 unspecified atom stereocenters. The second-order valence-electron chi connectivity index (χ2n) is 2.01. The summed E-state index contributed by atoms with van der Waals surface area (Å²) in [5.74, 6) is 3.75. The van der Waals surface area contributed by atoms with Crippen LogP contribution in [-0.4, -0.2) is 11.6 Å². The van der Waals surface area contributed by atoms with Gasteiger partial charge in [0.15, 0.2) is 5.76 Å². The summed E-state index contributed by atoms with van der Waals surface area (Å²) in [4.78, 5) is 0. The Morgan fingerprint density at radius 1 is 1.80 bits per heavy atom. The first-order valence-corrected chi connectivity index (χ1v) is 2.99. The highest BCUT2D eigenvalue weighted by molar-refractivity contribution is 5.27. The van der Waals surface area contributed by atoms with E-state index in [1.807, 2.05) is 6.08 Å². The van der Waals surface area contributed by atoms with Crippen LogP contribution < -0.4 is 5.43 Å². The van der Waals surface area contributed by atoms with Crippen molar-refractivity contribution in [1.82, 2.24) is 10.4 Å². The topological polar surface area (TPSA) is 24.5 Å². The maximum Gasteiger partial charge on any atom is 0.212 e. The van der Waals surface area contributed by atoms with Crippen molar-refractivity contribution in [2.75, 3.05) is 6.54 Å². The van der Waals surface area contributed by atoms with Crippen LogP contribution in [0.4, 0.5) is 0 Å². The van der Waals surface area contributed by atoms with Crippen molar-refractivity contribution < 1.29 is 4.74 Å². The molecule has 0 atom stereocenters. The van der Waals surface area contributed by atoms with Crippen molar-refractivity contribution in [3.63, 3.8) is 0 Å². The largest absolute Gasteiger partial charge is 0.429 e. The number of allylic oxidation sites excluding steroid dienone is 1. The van der Waals surface area contributed by atoms with Gasteiger partial charge in [-0.1, -0.05) is 0 Å². The predicted molar refractivity (Wildman–Crippen MR) is 35.9 cm³/mol. The number of hydrazine groups is 1. The van der Waals surface area contributed by atoms with Crippen LogP contribution >= 0.6 is 0 Å². The molecule has 10 heavy (non-hydrogen) atoms. The van der Waals surface area contributed by atoms with Crippen molar-refractivity contribution in [3.05, 3.63) is 23.9 Å². The molecule has 1 N–H and O–H groups in total. The molecule has 0 bridgehead atoms. The number of hydrogen-bond donors (Lipinski definition) is 1. The van der Waals surface area contributed by atoms with E-state index in [-0.39, 0.29) is 0 Å². The van der Waals surface area contributed by atoms with Gasteiger partial charge in [-0.25, -0.2) is 10.4 Å². The third kappa shape index (κ3) is 0.598. The van der Waals surface area contributed by atoms with Crippen LogP contribution in [0.25, 0.3) is 0 Å². The van der Waals surface area contributed by atoms with Gasteiger partial charge >= 0.3 is 0 Å². The first kappa shape index (κ1) is 5.39. The summed E-state index contributed by atoms with van der Waals surface area (Å²) < 4.78 is 5.18. The van der Waals surface area contributed by atoms with Crippen LogP contribution in [0.15, 0.2) is 23.9 Å². The maximum atomic E-state index is 5.18. The number of ether oxygens (including phenoxy) is 1. The molecule has 0 aliphatic carbocycles. The Morgan fingerprint density at radius 2 is 2.70 bits per heavy atom. The normalized spacial score (nSPS) is 20.9. The fourth-order valence-electron chi connectivity index (χ4n) is 0.931. The molecule has 2 rings (SSSR count). The van der Waals surface area contributed by atoms with Gasteiger partial charge in [0.1, 0.15) is 0 Å². The van der Waals surface area contributed by atoms with Gasteiger partial charge in [0.05, 0.1) is 6.20 Å². The monoisotopic (exact) mass is 134 g/mol. The first-order valence-electron chi connectivity index (χ1n) is 2.99. The third-order valence-corrected chi connectivity index (χ3v) is 1.38. The van der Waals surface area contributed by atoms with E-state index in [0.717, 1.165) is 12.4 Å². The zero-order chi connectivity index (χ0) is 6.97. The molecule has 2 aliphatic rings. The third-order valence-electron chi connectivity index (χ3n) is 1.38. The van der Waals surface area contributed by atoms with E-state index >= 15 is 0 Å².